The second kappa shape index (κ2) is 7.37. The second-order valence-electron chi connectivity index (χ2n) is 6.61. The van der Waals surface area contributed by atoms with E-state index in [0.717, 1.165) is 29.7 Å². The number of nitrogens with two attached hydrogens (primary N) is 1. The Morgan fingerprint density at radius 1 is 1.08 bits per heavy atom. The number of aryl methyl sites for hydroxylation is 1. The maximum Gasteiger partial charge on any atom is 0.253 e. The van der Waals surface area contributed by atoms with Gasteiger partial charge in [-0.15, -0.1) is 0 Å². The average Bonchev–Trinajstić information content (AvgIpc) is 2.52. The summed E-state index contributed by atoms with van der Waals surface area (Å²) < 4.78 is 17.6. The van der Waals surface area contributed by atoms with Crippen LogP contribution in [-0.4, -0.2) is 14.0 Å². The minimum atomic E-state index is -2.62. The molecule has 1 aliphatic carbocycles. The molecule has 0 aliphatic heterocycles. The molecule has 2 aromatic carbocycles. The van der Waals surface area contributed by atoms with Crippen molar-refractivity contribution in [3.8, 4) is 0 Å². The molecule has 25 heavy (non-hydrogen) atoms. The Bertz CT molecular complexity index is 915. The van der Waals surface area contributed by atoms with Crippen molar-refractivity contribution in [2.45, 2.75) is 45.6 Å². The molecule has 0 saturated heterocycles. The summed E-state index contributed by atoms with van der Waals surface area (Å²) in [6.07, 6.45) is 3.24. The number of nitrogens with one attached hydrogen (secondary N) is 2. The van der Waals surface area contributed by atoms with Crippen LogP contribution in [0.1, 0.15) is 37.3 Å². The van der Waals surface area contributed by atoms with Gasteiger partial charge in [-0.3, -0.25) is 9.59 Å². The predicted molar refractivity (Wildman–Crippen MR) is 101 cm³/mol. The Morgan fingerprint density at radius 3 is 2.16 bits per heavy atom. The standard InChI is InChI=1S/C17H20N2O2.H3NO2S/c1-10-6-4-7-12(11(10)2)18-13-14(16(21)15(13)20)19-17(3)8-5-9-17;1-4(2)3/h4,6-7,18-19H,5,8-9H2,1-3H3;4H,(H2,1,2,3). The number of hydrogen-bond donors (Lipinski definition) is 4. The first-order valence-electron chi connectivity index (χ1n) is 7.98. The van der Waals surface area contributed by atoms with Crippen molar-refractivity contribution in [3.63, 3.8) is 0 Å². The van der Waals surface area contributed by atoms with Crippen molar-refractivity contribution in [1.82, 2.24) is 0 Å². The zero-order valence-corrected chi connectivity index (χ0v) is 15.4. The van der Waals surface area contributed by atoms with E-state index in [4.69, 9.17) is 8.42 Å². The molecule has 8 heteroatoms. The summed E-state index contributed by atoms with van der Waals surface area (Å²) in [5, 5.41) is 10.5. The van der Waals surface area contributed by atoms with Gasteiger partial charge in [0.1, 0.15) is 11.4 Å². The molecule has 0 heterocycles. The summed E-state index contributed by atoms with van der Waals surface area (Å²) >= 11 is 0. The van der Waals surface area contributed by atoms with Gasteiger partial charge in [0.25, 0.3) is 10.9 Å². The SMILES string of the molecule is Cc1cccc(Nc2c(NC3(C)CCC3)c(=O)c2=O)c1C.N[SH](=O)=O. The highest BCUT2D eigenvalue weighted by molar-refractivity contribution is 7.69. The van der Waals surface area contributed by atoms with Crippen molar-refractivity contribution in [2.24, 2.45) is 5.14 Å². The fourth-order valence-electron chi connectivity index (χ4n) is 2.79. The molecule has 4 N–H and O–H groups in total. The molecular weight excluding hydrogens is 342 g/mol. The third kappa shape index (κ3) is 4.26. The van der Waals surface area contributed by atoms with E-state index >= 15 is 0 Å². The normalized spacial score (nSPS) is 15.2. The van der Waals surface area contributed by atoms with Gasteiger partial charge in [-0.1, -0.05) is 12.1 Å². The lowest BCUT2D eigenvalue weighted by Crippen LogP contribution is -2.47. The van der Waals surface area contributed by atoms with E-state index in [1.807, 2.05) is 32.0 Å². The Kier molecular flexibility index (Phi) is 5.64. The molecule has 0 unspecified atom stereocenters. The van der Waals surface area contributed by atoms with E-state index in [1.54, 1.807) is 0 Å². The number of hydrogen-bond acceptors (Lipinski definition) is 6. The lowest BCUT2D eigenvalue weighted by atomic mass is 9.78. The number of benzene rings is 1. The molecule has 3 rings (SSSR count). The molecule has 1 fully saturated rings. The van der Waals surface area contributed by atoms with Crippen LogP contribution in [0.3, 0.4) is 0 Å². The molecule has 1 aliphatic rings. The molecule has 0 radical (unpaired) electrons. The van der Waals surface area contributed by atoms with Gasteiger partial charge in [0.15, 0.2) is 10.9 Å². The fraction of sp³-hybridized carbons (Fsp3) is 0.412. The first-order chi connectivity index (χ1) is 11.6. The van der Waals surface area contributed by atoms with Gasteiger partial charge in [-0.25, -0.2) is 13.6 Å². The van der Waals surface area contributed by atoms with Gasteiger partial charge < -0.3 is 10.6 Å². The number of thiol groups is 1. The van der Waals surface area contributed by atoms with Gasteiger partial charge in [-0.05, 0) is 57.2 Å². The van der Waals surface area contributed by atoms with Crippen LogP contribution in [0.4, 0.5) is 17.1 Å². The Labute approximate surface area is 148 Å². The summed E-state index contributed by atoms with van der Waals surface area (Å²) in [4.78, 5) is 23.7. The quantitative estimate of drug-likeness (QED) is 0.481. The van der Waals surface area contributed by atoms with Crippen LogP contribution in [0.2, 0.25) is 0 Å². The predicted octanol–water partition coefficient (Wildman–Crippen LogP) is 1.47. The Hall–Kier alpha value is -2.19. The molecule has 1 saturated carbocycles. The van der Waals surface area contributed by atoms with Crippen LogP contribution in [0.25, 0.3) is 0 Å². The fourth-order valence-corrected chi connectivity index (χ4v) is 2.79. The Balaban J connectivity index is 0.000000511. The lowest BCUT2D eigenvalue weighted by molar-refractivity contribution is 0.306. The molecule has 0 bridgehead atoms. The maximum atomic E-state index is 11.9. The van der Waals surface area contributed by atoms with Crippen molar-refractivity contribution < 1.29 is 8.42 Å². The largest absolute Gasteiger partial charge is 0.375 e. The summed E-state index contributed by atoms with van der Waals surface area (Å²) in [6.45, 7) is 6.12. The minimum Gasteiger partial charge on any atom is -0.375 e. The third-order valence-corrected chi connectivity index (χ3v) is 4.66. The van der Waals surface area contributed by atoms with Gasteiger partial charge >= 0.3 is 0 Å². The van der Waals surface area contributed by atoms with Crippen molar-refractivity contribution in [1.29, 1.82) is 0 Å². The molecular formula is C17H23N3O4S. The highest BCUT2D eigenvalue weighted by Crippen LogP contribution is 2.36. The topological polar surface area (TPSA) is 118 Å². The van der Waals surface area contributed by atoms with E-state index in [0.29, 0.717) is 11.4 Å². The molecule has 0 atom stereocenters. The summed E-state index contributed by atoms with van der Waals surface area (Å²) in [5.41, 5.74) is 3.09. The zero-order chi connectivity index (χ0) is 18.8. The first-order valence-corrected chi connectivity index (χ1v) is 9.23. The van der Waals surface area contributed by atoms with E-state index in [1.165, 1.54) is 6.42 Å². The molecule has 0 amide bonds. The van der Waals surface area contributed by atoms with Crippen LogP contribution in [0, 0.1) is 13.8 Å². The van der Waals surface area contributed by atoms with Gasteiger partial charge in [0.05, 0.1) is 0 Å². The summed E-state index contributed by atoms with van der Waals surface area (Å²) in [5.74, 6) is 0. The van der Waals surface area contributed by atoms with Crippen molar-refractivity contribution >= 4 is 28.0 Å². The van der Waals surface area contributed by atoms with Crippen LogP contribution >= 0.6 is 0 Å². The third-order valence-electron chi connectivity index (χ3n) is 4.66. The summed E-state index contributed by atoms with van der Waals surface area (Å²) in [6, 6.07) is 5.89. The van der Waals surface area contributed by atoms with Crippen molar-refractivity contribution in [2.75, 3.05) is 10.6 Å². The van der Waals surface area contributed by atoms with Crippen LogP contribution < -0.4 is 26.6 Å². The molecule has 0 spiro atoms. The first kappa shape index (κ1) is 19.1. The molecule has 2 aromatic rings. The average molecular weight is 365 g/mol. The van der Waals surface area contributed by atoms with Crippen LogP contribution in [-0.2, 0) is 10.9 Å². The second-order valence-corrected chi connectivity index (χ2v) is 7.18. The molecule has 0 aromatic heterocycles. The van der Waals surface area contributed by atoms with E-state index in [-0.39, 0.29) is 5.54 Å². The zero-order valence-electron chi connectivity index (χ0n) is 14.5. The highest BCUT2D eigenvalue weighted by Gasteiger charge is 2.35. The molecule has 136 valence electrons. The Morgan fingerprint density at radius 2 is 1.64 bits per heavy atom. The van der Waals surface area contributed by atoms with Crippen LogP contribution in [0.5, 0.6) is 0 Å². The van der Waals surface area contributed by atoms with E-state index in [9.17, 15) is 9.59 Å². The smallest absolute Gasteiger partial charge is 0.253 e. The van der Waals surface area contributed by atoms with Crippen LogP contribution in [0.15, 0.2) is 27.8 Å². The molecule has 7 nitrogen and oxygen atoms in total. The van der Waals surface area contributed by atoms with Crippen molar-refractivity contribution in [3.05, 3.63) is 49.8 Å². The maximum absolute atomic E-state index is 11.9. The highest BCUT2D eigenvalue weighted by atomic mass is 32.2. The van der Waals surface area contributed by atoms with E-state index < -0.39 is 21.7 Å². The minimum absolute atomic E-state index is 0.0414. The number of anilines is 3. The number of rotatable bonds is 4. The monoisotopic (exact) mass is 365 g/mol. The lowest BCUT2D eigenvalue weighted by Gasteiger charge is -2.40. The van der Waals surface area contributed by atoms with Gasteiger partial charge in [0, 0.05) is 11.2 Å². The van der Waals surface area contributed by atoms with Gasteiger partial charge in [-0.2, -0.15) is 0 Å². The van der Waals surface area contributed by atoms with E-state index in [2.05, 4.69) is 22.7 Å². The van der Waals surface area contributed by atoms with Gasteiger partial charge in [0.2, 0.25) is 0 Å². The summed E-state index contributed by atoms with van der Waals surface area (Å²) in [7, 11) is -2.62.